The average Bonchev–Trinajstić information content (AvgIpc) is 2.85. The first kappa shape index (κ1) is 22.3. The standard InChI is InChI=1S/C27H27N3O3/c28-12-15-33-25-11-10-21(27(32)30-14-4-8-19-6-2-1-3-7-19)17-23(25)22-16-20-9-5-13-29-26(20)24(31)18-22/h1-3,5-7,9-11,13,16-18,31H,4,8,12,14-15,28H2,(H,30,32). The Labute approximate surface area is 193 Å². The third kappa shape index (κ3) is 5.48. The maximum Gasteiger partial charge on any atom is 0.251 e. The van der Waals surface area contributed by atoms with Crippen LogP contribution >= 0.6 is 0 Å². The van der Waals surface area contributed by atoms with Gasteiger partial charge in [-0.05, 0) is 60.4 Å². The van der Waals surface area contributed by atoms with Gasteiger partial charge in [-0.3, -0.25) is 9.78 Å². The van der Waals surface area contributed by atoms with E-state index in [1.165, 1.54) is 5.56 Å². The lowest BCUT2D eigenvalue weighted by Gasteiger charge is -2.14. The molecule has 0 radical (unpaired) electrons. The quantitative estimate of drug-likeness (QED) is 0.336. The van der Waals surface area contributed by atoms with Crippen molar-refractivity contribution in [3.05, 3.63) is 90.1 Å². The number of hydrogen-bond acceptors (Lipinski definition) is 5. The fourth-order valence-corrected chi connectivity index (χ4v) is 3.76. The van der Waals surface area contributed by atoms with Gasteiger partial charge >= 0.3 is 0 Å². The monoisotopic (exact) mass is 441 g/mol. The molecule has 1 aromatic heterocycles. The van der Waals surface area contributed by atoms with E-state index in [1.807, 2.05) is 36.4 Å². The Morgan fingerprint density at radius 2 is 1.88 bits per heavy atom. The van der Waals surface area contributed by atoms with Crippen LogP contribution in [0.5, 0.6) is 11.5 Å². The number of aromatic nitrogens is 1. The molecular weight excluding hydrogens is 414 g/mol. The van der Waals surface area contributed by atoms with Crippen molar-refractivity contribution in [2.75, 3.05) is 19.7 Å². The summed E-state index contributed by atoms with van der Waals surface area (Å²) in [7, 11) is 0. The number of fused-ring (bicyclic) bond motifs is 1. The molecule has 0 aliphatic rings. The van der Waals surface area contributed by atoms with E-state index in [0.717, 1.165) is 23.8 Å². The molecule has 0 atom stereocenters. The topological polar surface area (TPSA) is 97.5 Å². The number of hydrogen-bond donors (Lipinski definition) is 3. The van der Waals surface area contributed by atoms with E-state index >= 15 is 0 Å². The summed E-state index contributed by atoms with van der Waals surface area (Å²) in [5, 5.41) is 14.3. The summed E-state index contributed by atoms with van der Waals surface area (Å²) in [5.74, 6) is 0.522. The summed E-state index contributed by atoms with van der Waals surface area (Å²) in [5.41, 5.74) is 9.36. The van der Waals surface area contributed by atoms with Crippen LogP contribution in [0.25, 0.3) is 22.0 Å². The molecular formula is C27H27N3O3. The smallest absolute Gasteiger partial charge is 0.251 e. The van der Waals surface area contributed by atoms with Gasteiger partial charge in [-0.25, -0.2) is 0 Å². The van der Waals surface area contributed by atoms with E-state index in [0.29, 0.717) is 42.1 Å². The van der Waals surface area contributed by atoms with E-state index in [2.05, 4.69) is 22.4 Å². The van der Waals surface area contributed by atoms with Crippen LogP contribution in [0.15, 0.2) is 79.0 Å². The minimum atomic E-state index is -0.152. The summed E-state index contributed by atoms with van der Waals surface area (Å²) in [6, 6.07) is 22.8. The largest absolute Gasteiger partial charge is 0.506 e. The molecule has 0 spiro atoms. The molecule has 33 heavy (non-hydrogen) atoms. The van der Waals surface area contributed by atoms with E-state index in [9.17, 15) is 9.90 Å². The van der Waals surface area contributed by atoms with Crippen LogP contribution in [-0.2, 0) is 6.42 Å². The molecule has 4 aromatic rings. The number of nitrogens with one attached hydrogen (secondary N) is 1. The zero-order valence-electron chi connectivity index (χ0n) is 18.3. The Morgan fingerprint density at radius 3 is 2.70 bits per heavy atom. The number of benzene rings is 3. The van der Waals surface area contributed by atoms with Gasteiger partial charge in [0.2, 0.25) is 0 Å². The molecule has 6 heteroatoms. The number of phenolic OH excluding ortho intramolecular Hbond substituents is 1. The van der Waals surface area contributed by atoms with Gasteiger partial charge in [-0.1, -0.05) is 36.4 Å². The van der Waals surface area contributed by atoms with E-state index in [1.54, 1.807) is 30.5 Å². The van der Waals surface area contributed by atoms with Gasteiger partial charge in [0, 0.05) is 35.8 Å². The third-order valence-electron chi connectivity index (χ3n) is 5.38. The lowest BCUT2D eigenvalue weighted by Crippen LogP contribution is -2.24. The Kier molecular flexibility index (Phi) is 7.17. The first-order chi connectivity index (χ1) is 16.2. The van der Waals surface area contributed by atoms with Crippen molar-refractivity contribution < 1.29 is 14.6 Å². The van der Waals surface area contributed by atoms with Crippen LogP contribution in [0.3, 0.4) is 0 Å². The average molecular weight is 442 g/mol. The molecule has 1 amide bonds. The molecule has 1 heterocycles. The predicted octanol–water partition coefficient (Wildman–Crippen LogP) is 4.31. The highest BCUT2D eigenvalue weighted by Gasteiger charge is 2.14. The van der Waals surface area contributed by atoms with Crippen LogP contribution < -0.4 is 15.8 Å². The van der Waals surface area contributed by atoms with Crippen molar-refractivity contribution in [2.45, 2.75) is 12.8 Å². The summed E-state index contributed by atoms with van der Waals surface area (Å²) in [4.78, 5) is 17.0. The zero-order valence-corrected chi connectivity index (χ0v) is 18.3. The number of phenols is 1. The van der Waals surface area contributed by atoms with E-state index < -0.39 is 0 Å². The fraction of sp³-hybridized carbons (Fsp3) is 0.185. The predicted molar refractivity (Wildman–Crippen MR) is 130 cm³/mol. The van der Waals surface area contributed by atoms with Crippen LogP contribution in [-0.4, -0.2) is 35.7 Å². The van der Waals surface area contributed by atoms with Crippen molar-refractivity contribution in [3.63, 3.8) is 0 Å². The van der Waals surface area contributed by atoms with Crippen molar-refractivity contribution in [1.82, 2.24) is 10.3 Å². The molecule has 4 N–H and O–H groups in total. The van der Waals surface area contributed by atoms with Crippen LogP contribution in [0.2, 0.25) is 0 Å². The minimum absolute atomic E-state index is 0.0728. The van der Waals surface area contributed by atoms with Gasteiger partial charge in [0.15, 0.2) is 0 Å². The van der Waals surface area contributed by atoms with Gasteiger partial charge in [-0.2, -0.15) is 0 Å². The summed E-state index contributed by atoms with van der Waals surface area (Å²) in [6.07, 6.45) is 3.40. The van der Waals surface area contributed by atoms with Gasteiger partial charge < -0.3 is 20.9 Å². The molecule has 0 fully saturated rings. The highest BCUT2D eigenvalue weighted by molar-refractivity contribution is 5.97. The molecule has 168 valence electrons. The highest BCUT2D eigenvalue weighted by Crippen LogP contribution is 2.36. The maximum atomic E-state index is 12.8. The molecule has 6 nitrogen and oxygen atoms in total. The number of nitrogens with zero attached hydrogens (tertiary/aromatic N) is 1. The van der Waals surface area contributed by atoms with Crippen molar-refractivity contribution in [3.8, 4) is 22.6 Å². The maximum absolute atomic E-state index is 12.8. The van der Waals surface area contributed by atoms with Crippen molar-refractivity contribution in [2.24, 2.45) is 5.73 Å². The first-order valence-electron chi connectivity index (χ1n) is 11.0. The van der Waals surface area contributed by atoms with E-state index in [-0.39, 0.29) is 11.7 Å². The van der Waals surface area contributed by atoms with Gasteiger partial charge in [0.25, 0.3) is 5.91 Å². The lowest BCUT2D eigenvalue weighted by atomic mass is 9.99. The summed E-state index contributed by atoms with van der Waals surface area (Å²) in [6.45, 7) is 1.30. The zero-order chi connectivity index (χ0) is 23.0. The SMILES string of the molecule is NCCOc1ccc(C(=O)NCCCc2ccccc2)cc1-c1cc(O)c2ncccc2c1. The molecule has 0 aliphatic heterocycles. The first-order valence-corrected chi connectivity index (χ1v) is 11.0. The molecule has 0 unspecified atom stereocenters. The molecule has 0 aliphatic carbocycles. The van der Waals surface area contributed by atoms with Crippen molar-refractivity contribution in [1.29, 1.82) is 0 Å². The number of pyridine rings is 1. The molecule has 0 bridgehead atoms. The van der Waals surface area contributed by atoms with Gasteiger partial charge in [0.05, 0.1) is 0 Å². The van der Waals surface area contributed by atoms with Crippen LogP contribution in [0, 0.1) is 0 Å². The second kappa shape index (κ2) is 10.6. The number of amides is 1. The molecule has 3 aromatic carbocycles. The molecule has 0 saturated heterocycles. The second-order valence-electron chi connectivity index (χ2n) is 7.76. The van der Waals surface area contributed by atoms with Gasteiger partial charge in [-0.15, -0.1) is 0 Å². The Bertz CT molecular complexity index is 1240. The number of aromatic hydroxyl groups is 1. The summed E-state index contributed by atoms with van der Waals surface area (Å²) < 4.78 is 5.82. The number of aryl methyl sites for hydroxylation is 1. The number of carbonyl (C=O) groups is 1. The number of carbonyl (C=O) groups excluding carboxylic acids is 1. The normalized spacial score (nSPS) is 10.8. The summed E-state index contributed by atoms with van der Waals surface area (Å²) >= 11 is 0. The number of nitrogens with two attached hydrogens (primary N) is 1. The second-order valence-corrected chi connectivity index (χ2v) is 7.76. The van der Waals surface area contributed by atoms with Crippen LogP contribution in [0.4, 0.5) is 0 Å². The fourth-order valence-electron chi connectivity index (χ4n) is 3.76. The molecule has 0 saturated carbocycles. The highest BCUT2D eigenvalue weighted by atomic mass is 16.5. The van der Waals surface area contributed by atoms with E-state index in [4.69, 9.17) is 10.5 Å². The Hall–Kier alpha value is -3.90. The number of rotatable bonds is 9. The Balaban J connectivity index is 1.55. The Morgan fingerprint density at radius 1 is 1.03 bits per heavy atom. The minimum Gasteiger partial charge on any atom is -0.506 e. The molecule has 4 rings (SSSR count). The van der Waals surface area contributed by atoms with Crippen molar-refractivity contribution >= 4 is 16.8 Å². The third-order valence-corrected chi connectivity index (χ3v) is 5.38. The van der Waals surface area contributed by atoms with Crippen LogP contribution in [0.1, 0.15) is 22.3 Å². The number of ether oxygens (including phenoxy) is 1. The van der Waals surface area contributed by atoms with Gasteiger partial charge in [0.1, 0.15) is 23.6 Å². The lowest BCUT2D eigenvalue weighted by molar-refractivity contribution is 0.0953.